The van der Waals surface area contributed by atoms with Gasteiger partial charge in [0.1, 0.15) is 0 Å². The number of allylic oxidation sites excluding steroid dienone is 1. The highest BCUT2D eigenvalue weighted by Gasteiger charge is 2.40. The largest absolute Gasteiger partial charge is 0.294 e. The highest BCUT2D eigenvalue weighted by atomic mass is 16.2. The van der Waals surface area contributed by atoms with Crippen molar-refractivity contribution in [3.05, 3.63) is 83.9 Å². The summed E-state index contributed by atoms with van der Waals surface area (Å²) in [5.74, 6) is -0.717. The van der Waals surface area contributed by atoms with Gasteiger partial charge in [-0.05, 0) is 11.1 Å². The van der Waals surface area contributed by atoms with Gasteiger partial charge in [0, 0.05) is 12.3 Å². The first kappa shape index (κ1) is 13.5. The van der Waals surface area contributed by atoms with Crippen molar-refractivity contribution in [3.63, 3.8) is 0 Å². The van der Waals surface area contributed by atoms with Gasteiger partial charge in [0.25, 0.3) is 0 Å². The molecule has 0 amide bonds. The molecule has 0 aliphatic heterocycles. The van der Waals surface area contributed by atoms with Gasteiger partial charge in [-0.2, -0.15) is 0 Å². The molecule has 2 unspecified atom stereocenters. The summed E-state index contributed by atoms with van der Waals surface area (Å²) in [6, 6.07) is 19.4. The highest BCUT2D eigenvalue weighted by molar-refractivity contribution is 6.24. The van der Waals surface area contributed by atoms with E-state index in [-0.39, 0.29) is 29.0 Å². The molecule has 0 bridgehead atoms. The van der Waals surface area contributed by atoms with Crippen LogP contribution in [0.25, 0.3) is 0 Å². The molecule has 0 N–H and O–H groups in total. The molecule has 2 heteroatoms. The van der Waals surface area contributed by atoms with Gasteiger partial charge in [0.05, 0.1) is 11.5 Å². The number of ketones is 2. The van der Waals surface area contributed by atoms with Crippen molar-refractivity contribution < 1.29 is 9.59 Å². The fourth-order valence-corrected chi connectivity index (χ4v) is 3.00. The third-order valence-electron chi connectivity index (χ3n) is 4.11. The van der Waals surface area contributed by atoms with Crippen molar-refractivity contribution in [2.24, 2.45) is 0 Å². The second kappa shape index (κ2) is 5.49. The molecule has 0 heterocycles. The average molecular weight is 276 g/mol. The van der Waals surface area contributed by atoms with E-state index >= 15 is 0 Å². The van der Waals surface area contributed by atoms with Crippen LogP contribution in [0.5, 0.6) is 0 Å². The van der Waals surface area contributed by atoms with Crippen LogP contribution in [0.4, 0.5) is 0 Å². The van der Waals surface area contributed by atoms with E-state index in [0.29, 0.717) is 6.42 Å². The number of Topliss-reactive ketones (excluding diaryl/α,β-unsaturated/α-hetero) is 2. The van der Waals surface area contributed by atoms with Crippen LogP contribution in [-0.4, -0.2) is 11.6 Å². The van der Waals surface area contributed by atoms with E-state index < -0.39 is 0 Å². The molecule has 0 aromatic heterocycles. The number of rotatable bonds is 2. The van der Waals surface area contributed by atoms with E-state index in [1.54, 1.807) is 0 Å². The normalized spacial score (nSPS) is 22.4. The third-order valence-corrected chi connectivity index (χ3v) is 4.11. The first-order valence-corrected chi connectivity index (χ1v) is 7.04. The maximum absolute atomic E-state index is 12.6. The predicted octanol–water partition coefficient (Wildman–Crippen LogP) is 3.65. The van der Waals surface area contributed by atoms with Crippen LogP contribution in [0.3, 0.4) is 0 Å². The second-order valence-electron chi connectivity index (χ2n) is 5.38. The summed E-state index contributed by atoms with van der Waals surface area (Å²) in [5.41, 5.74) is 2.11. The lowest BCUT2D eigenvalue weighted by atomic mass is 9.69. The molecule has 1 saturated carbocycles. The molecule has 0 saturated heterocycles. The van der Waals surface area contributed by atoms with Gasteiger partial charge in [0.2, 0.25) is 0 Å². The van der Waals surface area contributed by atoms with E-state index in [4.69, 9.17) is 0 Å². The van der Waals surface area contributed by atoms with Gasteiger partial charge >= 0.3 is 0 Å². The maximum Gasteiger partial charge on any atom is 0.173 e. The van der Waals surface area contributed by atoms with Crippen LogP contribution < -0.4 is 0 Å². The standard InChI is InChI=1S/C19H16O2/c1-13-17(20)12-16(14-8-4-2-5-9-14)18(19(13)21)15-10-6-3-7-11-15/h2-11,16,18H,1,12H2. The first-order chi connectivity index (χ1) is 10.2. The Labute approximate surface area is 124 Å². The predicted molar refractivity (Wildman–Crippen MR) is 82.1 cm³/mol. The zero-order chi connectivity index (χ0) is 14.8. The summed E-state index contributed by atoms with van der Waals surface area (Å²) in [4.78, 5) is 24.6. The van der Waals surface area contributed by atoms with E-state index in [9.17, 15) is 9.59 Å². The first-order valence-electron chi connectivity index (χ1n) is 7.04. The van der Waals surface area contributed by atoms with Crippen molar-refractivity contribution in [2.45, 2.75) is 18.3 Å². The Hall–Kier alpha value is -2.48. The Kier molecular flexibility index (Phi) is 3.53. The van der Waals surface area contributed by atoms with Crippen LogP contribution in [0.2, 0.25) is 0 Å². The van der Waals surface area contributed by atoms with Gasteiger partial charge in [-0.15, -0.1) is 0 Å². The van der Waals surface area contributed by atoms with Crippen molar-refractivity contribution in [3.8, 4) is 0 Å². The fraction of sp³-hybridized carbons (Fsp3) is 0.158. The number of hydrogen-bond acceptors (Lipinski definition) is 2. The Morgan fingerprint density at radius 3 is 1.90 bits per heavy atom. The van der Waals surface area contributed by atoms with Gasteiger partial charge in [-0.25, -0.2) is 0 Å². The second-order valence-corrected chi connectivity index (χ2v) is 5.38. The molecule has 1 aliphatic rings. The lowest BCUT2D eigenvalue weighted by Crippen LogP contribution is -2.32. The number of hydrogen-bond donors (Lipinski definition) is 0. The Bertz CT molecular complexity index is 686. The quantitative estimate of drug-likeness (QED) is 0.619. The van der Waals surface area contributed by atoms with Crippen molar-refractivity contribution in [2.75, 3.05) is 0 Å². The molecule has 0 radical (unpaired) electrons. The molecular weight excluding hydrogens is 260 g/mol. The molecule has 2 aromatic carbocycles. The van der Waals surface area contributed by atoms with Gasteiger partial charge in [-0.3, -0.25) is 9.59 Å². The molecular formula is C19H16O2. The van der Waals surface area contributed by atoms with Crippen molar-refractivity contribution in [1.82, 2.24) is 0 Å². The number of carbonyl (C=O) groups is 2. The Morgan fingerprint density at radius 2 is 1.33 bits per heavy atom. The summed E-state index contributed by atoms with van der Waals surface area (Å²) in [6.45, 7) is 3.68. The minimum atomic E-state index is -0.321. The molecule has 0 spiro atoms. The zero-order valence-electron chi connectivity index (χ0n) is 11.7. The lowest BCUT2D eigenvalue weighted by Gasteiger charge is -2.31. The smallest absolute Gasteiger partial charge is 0.173 e. The van der Waals surface area contributed by atoms with E-state index in [2.05, 4.69) is 6.58 Å². The average Bonchev–Trinajstić information content (AvgIpc) is 2.54. The van der Waals surface area contributed by atoms with Crippen LogP contribution >= 0.6 is 0 Å². The summed E-state index contributed by atoms with van der Waals surface area (Å²) in [7, 11) is 0. The maximum atomic E-state index is 12.6. The van der Waals surface area contributed by atoms with Crippen molar-refractivity contribution in [1.29, 1.82) is 0 Å². The molecule has 2 aromatic rings. The van der Waals surface area contributed by atoms with Gasteiger partial charge in [-0.1, -0.05) is 67.2 Å². The van der Waals surface area contributed by atoms with E-state index in [1.807, 2.05) is 60.7 Å². The molecule has 1 aliphatic carbocycles. The third kappa shape index (κ3) is 2.45. The molecule has 21 heavy (non-hydrogen) atoms. The Balaban J connectivity index is 2.08. The monoisotopic (exact) mass is 276 g/mol. The number of carbonyl (C=O) groups excluding carboxylic acids is 2. The zero-order valence-corrected chi connectivity index (χ0v) is 11.7. The summed E-state index contributed by atoms with van der Waals surface area (Å²) >= 11 is 0. The van der Waals surface area contributed by atoms with Crippen LogP contribution in [0.1, 0.15) is 29.4 Å². The van der Waals surface area contributed by atoms with Crippen molar-refractivity contribution >= 4 is 11.6 Å². The molecule has 2 nitrogen and oxygen atoms in total. The van der Waals surface area contributed by atoms with E-state index in [0.717, 1.165) is 11.1 Å². The fourth-order valence-electron chi connectivity index (χ4n) is 3.00. The minimum Gasteiger partial charge on any atom is -0.294 e. The highest BCUT2D eigenvalue weighted by Crippen LogP contribution is 2.42. The molecule has 104 valence electrons. The summed E-state index contributed by atoms with van der Waals surface area (Å²) in [6.07, 6.45) is 0.341. The molecule has 2 atom stereocenters. The van der Waals surface area contributed by atoms with Crippen LogP contribution in [-0.2, 0) is 9.59 Å². The van der Waals surface area contributed by atoms with Gasteiger partial charge < -0.3 is 0 Å². The topological polar surface area (TPSA) is 34.1 Å². The van der Waals surface area contributed by atoms with Crippen LogP contribution in [0.15, 0.2) is 72.8 Å². The Morgan fingerprint density at radius 1 is 0.810 bits per heavy atom. The number of benzene rings is 2. The van der Waals surface area contributed by atoms with E-state index in [1.165, 1.54) is 0 Å². The van der Waals surface area contributed by atoms with Crippen LogP contribution in [0, 0.1) is 0 Å². The van der Waals surface area contributed by atoms with Gasteiger partial charge in [0.15, 0.2) is 11.6 Å². The minimum absolute atomic E-state index is 0.112. The molecule has 3 rings (SSSR count). The summed E-state index contributed by atoms with van der Waals surface area (Å²) in [5, 5.41) is 0. The lowest BCUT2D eigenvalue weighted by molar-refractivity contribution is -0.125. The SMILES string of the molecule is C=C1C(=O)CC(c2ccccc2)C(c2ccccc2)C1=O. The summed E-state index contributed by atoms with van der Waals surface area (Å²) < 4.78 is 0. The molecule has 1 fully saturated rings.